The molecule has 2 rings (SSSR count). The van der Waals surface area contributed by atoms with Crippen molar-refractivity contribution in [1.29, 1.82) is 0 Å². The van der Waals surface area contributed by atoms with Crippen LogP contribution in [0.15, 0.2) is 54.6 Å². The van der Waals surface area contributed by atoms with Crippen molar-refractivity contribution in [3.05, 3.63) is 60.2 Å². The predicted molar refractivity (Wildman–Crippen MR) is 93.6 cm³/mol. The molecular formula is C17H19BrO3S. The van der Waals surface area contributed by atoms with Crippen molar-refractivity contribution in [2.45, 2.75) is 23.1 Å². The number of aliphatic hydroxyl groups is 1. The first-order valence-corrected chi connectivity index (χ1v) is 9.70. The summed E-state index contributed by atoms with van der Waals surface area (Å²) in [6, 6.07) is 17.2. The smallest absolute Gasteiger partial charge is 0.166 e. The maximum Gasteiger partial charge on any atom is 0.166 e. The van der Waals surface area contributed by atoms with Crippen LogP contribution in [0, 0.1) is 0 Å². The van der Waals surface area contributed by atoms with Crippen LogP contribution >= 0.6 is 15.9 Å². The van der Waals surface area contributed by atoms with Crippen molar-refractivity contribution in [3.8, 4) is 11.1 Å². The Labute approximate surface area is 140 Å². The van der Waals surface area contributed by atoms with Crippen LogP contribution in [0.5, 0.6) is 0 Å². The largest absolute Gasteiger partial charge is 0.386 e. The van der Waals surface area contributed by atoms with E-state index in [-0.39, 0.29) is 6.42 Å². The van der Waals surface area contributed by atoms with Gasteiger partial charge in [-0.2, -0.15) is 0 Å². The number of halogens is 1. The van der Waals surface area contributed by atoms with Gasteiger partial charge in [0, 0.05) is 6.26 Å². The van der Waals surface area contributed by atoms with Crippen LogP contribution in [0.2, 0.25) is 0 Å². The van der Waals surface area contributed by atoms with Crippen LogP contribution in [0.4, 0.5) is 0 Å². The molecule has 0 amide bonds. The van der Waals surface area contributed by atoms with Crippen LogP contribution < -0.4 is 0 Å². The molecule has 2 aromatic carbocycles. The summed E-state index contributed by atoms with van der Waals surface area (Å²) in [5.41, 5.74) is 2.67. The van der Waals surface area contributed by atoms with Gasteiger partial charge in [-0.15, -0.1) is 0 Å². The van der Waals surface area contributed by atoms with E-state index in [1.54, 1.807) is 19.1 Å². The molecule has 5 heteroatoms. The standard InChI is InChI=1S/C17H19BrO3S/c1-3-17(18,22(2,20)21)16(19)15-11-9-14(10-12-15)13-7-5-4-6-8-13/h4-12,16,19H,3H2,1-2H3/t16-,17+/m0/s1. The molecule has 0 aromatic heterocycles. The highest BCUT2D eigenvalue weighted by atomic mass is 79.9. The van der Waals surface area contributed by atoms with Gasteiger partial charge in [0.25, 0.3) is 0 Å². The van der Waals surface area contributed by atoms with Crippen molar-refractivity contribution >= 4 is 25.8 Å². The topological polar surface area (TPSA) is 54.4 Å². The highest BCUT2D eigenvalue weighted by Crippen LogP contribution is 2.41. The van der Waals surface area contributed by atoms with Crippen molar-refractivity contribution in [1.82, 2.24) is 0 Å². The summed E-state index contributed by atoms with van der Waals surface area (Å²) < 4.78 is 22.6. The third-order valence-electron chi connectivity index (χ3n) is 3.84. The van der Waals surface area contributed by atoms with E-state index in [0.717, 1.165) is 17.4 Å². The molecule has 0 bridgehead atoms. The van der Waals surface area contributed by atoms with E-state index in [1.807, 2.05) is 42.5 Å². The van der Waals surface area contributed by atoms with Crippen LogP contribution in [0.1, 0.15) is 25.0 Å². The Bertz CT molecular complexity index is 726. The SMILES string of the molecule is CC[C@](Br)([C@@H](O)c1ccc(-c2ccccc2)cc1)S(C)(=O)=O. The van der Waals surface area contributed by atoms with Crippen LogP contribution in [-0.2, 0) is 9.84 Å². The van der Waals surface area contributed by atoms with Gasteiger partial charge in [0.05, 0.1) is 0 Å². The maximum atomic E-state index is 12.0. The second-order valence-electron chi connectivity index (χ2n) is 5.30. The molecule has 118 valence electrons. The van der Waals surface area contributed by atoms with E-state index in [9.17, 15) is 13.5 Å². The zero-order valence-electron chi connectivity index (χ0n) is 12.5. The van der Waals surface area contributed by atoms with E-state index in [1.165, 1.54) is 0 Å². The Morgan fingerprint density at radius 1 is 1.05 bits per heavy atom. The van der Waals surface area contributed by atoms with Gasteiger partial charge in [-0.1, -0.05) is 77.5 Å². The van der Waals surface area contributed by atoms with Gasteiger partial charge in [-0.25, -0.2) is 8.42 Å². The van der Waals surface area contributed by atoms with E-state index in [2.05, 4.69) is 15.9 Å². The highest BCUT2D eigenvalue weighted by molar-refractivity contribution is 9.11. The van der Waals surface area contributed by atoms with Gasteiger partial charge in [0.2, 0.25) is 0 Å². The molecule has 2 atom stereocenters. The quantitative estimate of drug-likeness (QED) is 0.796. The van der Waals surface area contributed by atoms with Gasteiger partial charge < -0.3 is 5.11 Å². The Morgan fingerprint density at radius 3 is 2.00 bits per heavy atom. The summed E-state index contributed by atoms with van der Waals surface area (Å²) in [6.45, 7) is 1.73. The van der Waals surface area contributed by atoms with E-state index in [0.29, 0.717) is 5.56 Å². The molecule has 0 aliphatic rings. The number of sulfone groups is 1. The summed E-state index contributed by atoms with van der Waals surface area (Å²) in [4.78, 5) is 0. The summed E-state index contributed by atoms with van der Waals surface area (Å²) in [7, 11) is -3.46. The molecule has 22 heavy (non-hydrogen) atoms. The molecule has 0 unspecified atom stereocenters. The Balaban J connectivity index is 2.35. The lowest BCUT2D eigenvalue weighted by Crippen LogP contribution is -2.37. The number of alkyl halides is 1. The Hall–Kier alpha value is -1.17. The summed E-state index contributed by atoms with van der Waals surface area (Å²) in [6.07, 6.45) is 0.276. The summed E-state index contributed by atoms with van der Waals surface area (Å²) in [5, 5.41) is 10.5. The second-order valence-corrected chi connectivity index (χ2v) is 9.52. The lowest BCUT2D eigenvalue weighted by molar-refractivity contribution is 0.160. The zero-order valence-corrected chi connectivity index (χ0v) is 14.9. The van der Waals surface area contributed by atoms with Gasteiger partial charge in [-0.3, -0.25) is 0 Å². The third-order valence-corrected chi connectivity index (χ3v) is 8.34. The first kappa shape index (κ1) is 17.2. The molecule has 0 radical (unpaired) electrons. The molecule has 3 nitrogen and oxygen atoms in total. The molecule has 0 saturated carbocycles. The normalized spacial score (nSPS) is 16.0. The molecule has 2 aromatic rings. The maximum absolute atomic E-state index is 12.0. The average Bonchev–Trinajstić information content (AvgIpc) is 2.53. The first-order valence-electron chi connectivity index (χ1n) is 7.01. The van der Waals surface area contributed by atoms with Crippen molar-refractivity contribution in [2.75, 3.05) is 6.26 Å². The minimum atomic E-state index is -3.46. The predicted octanol–water partition coefficient (Wildman–Crippen LogP) is 3.93. The Morgan fingerprint density at radius 2 is 1.55 bits per heavy atom. The van der Waals surface area contributed by atoms with Gasteiger partial charge in [0.1, 0.15) is 6.10 Å². The average molecular weight is 383 g/mol. The summed E-state index contributed by atoms with van der Waals surface area (Å²) in [5.74, 6) is 0. The monoisotopic (exact) mass is 382 g/mol. The molecule has 0 spiro atoms. The van der Waals surface area contributed by atoms with Gasteiger partial charge in [0.15, 0.2) is 13.5 Å². The number of benzene rings is 2. The molecule has 0 aliphatic carbocycles. The highest BCUT2D eigenvalue weighted by Gasteiger charge is 2.44. The van der Waals surface area contributed by atoms with E-state index in [4.69, 9.17) is 0 Å². The molecule has 0 heterocycles. The lowest BCUT2D eigenvalue weighted by atomic mass is 10.00. The van der Waals surface area contributed by atoms with Crippen LogP contribution in [0.3, 0.4) is 0 Å². The second kappa shape index (κ2) is 6.52. The zero-order chi connectivity index (χ0) is 16.4. The van der Waals surface area contributed by atoms with Crippen LogP contribution in [0.25, 0.3) is 11.1 Å². The minimum Gasteiger partial charge on any atom is -0.386 e. The first-order chi connectivity index (χ1) is 10.3. The fourth-order valence-electron chi connectivity index (χ4n) is 2.40. The van der Waals surface area contributed by atoms with Crippen molar-refractivity contribution in [2.24, 2.45) is 0 Å². The summed E-state index contributed by atoms with van der Waals surface area (Å²) >= 11 is 3.23. The number of rotatable bonds is 5. The van der Waals surface area contributed by atoms with Crippen molar-refractivity contribution in [3.63, 3.8) is 0 Å². The number of aliphatic hydroxyl groups excluding tert-OH is 1. The molecule has 0 saturated heterocycles. The lowest BCUT2D eigenvalue weighted by Gasteiger charge is -2.30. The fraction of sp³-hybridized carbons (Fsp3) is 0.294. The van der Waals surface area contributed by atoms with E-state index < -0.39 is 19.6 Å². The van der Waals surface area contributed by atoms with Gasteiger partial charge >= 0.3 is 0 Å². The third kappa shape index (κ3) is 3.26. The molecule has 0 fully saturated rings. The minimum absolute atomic E-state index is 0.271. The fourth-order valence-corrected chi connectivity index (χ4v) is 3.73. The van der Waals surface area contributed by atoms with Gasteiger partial charge in [-0.05, 0) is 23.1 Å². The molecule has 1 N–H and O–H groups in total. The number of hydrogen-bond acceptors (Lipinski definition) is 3. The van der Waals surface area contributed by atoms with Crippen LogP contribution in [-0.4, -0.2) is 23.4 Å². The molecule has 0 aliphatic heterocycles. The van der Waals surface area contributed by atoms with Crippen molar-refractivity contribution < 1.29 is 13.5 Å². The van der Waals surface area contributed by atoms with E-state index >= 15 is 0 Å². The number of hydrogen-bond donors (Lipinski definition) is 1. The molecular weight excluding hydrogens is 364 g/mol. The Kier molecular flexibility index (Phi) is 5.10.